The van der Waals surface area contributed by atoms with Gasteiger partial charge in [0.15, 0.2) is 0 Å². The number of aryl methyl sites for hydroxylation is 6. The van der Waals surface area contributed by atoms with Gasteiger partial charge >= 0.3 is 17.9 Å². The molecular formula is C41H44ClN3O12. The molecule has 6 aromatic rings. The summed E-state index contributed by atoms with van der Waals surface area (Å²) in [5.74, 6) is 2.50. The number of phenolic OH excluding ortho intramolecular Hbond substituents is 1. The number of nitrogens with zero attached hydrogens (tertiary/aromatic N) is 3. The van der Waals surface area contributed by atoms with Crippen molar-refractivity contribution in [1.82, 2.24) is 15.5 Å². The number of halogens is 1. The number of hydrogen-bond donors (Lipinski definition) is 2. The molecule has 0 fully saturated rings. The molecule has 0 aliphatic heterocycles. The Morgan fingerprint density at radius 2 is 0.895 bits per heavy atom. The Morgan fingerprint density at radius 1 is 0.561 bits per heavy atom. The van der Waals surface area contributed by atoms with Crippen LogP contribution in [0.2, 0.25) is 0 Å². The van der Waals surface area contributed by atoms with Gasteiger partial charge < -0.3 is 42.7 Å². The molecule has 6 rings (SSSR count). The highest BCUT2D eigenvalue weighted by Gasteiger charge is 2.12. The van der Waals surface area contributed by atoms with Crippen LogP contribution in [0.15, 0.2) is 86.4 Å². The topological polar surface area (TPSA) is 207 Å². The maximum Gasteiger partial charge on any atom is 0.337 e. The summed E-state index contributed by atoms with van der Waals surface area (Å²) in [5, 5.41) is 29.0. The molecule has 16 heteroatoms. The summed E-state index contributed by atoms with van der Waals surface area (Å²) in [6.07, 6.45) is 0. The number of alkyl halides is 1. The van der Waals surface area contributed by atoms with Crippen LogP contribution in [-0.4, -0.2) is 57.8 Å². The lowest BCUT2D eigenvalue weighted by Gasteiger charge is -2.06. The zero-order valence-corrected chi connectivity index (χ0v) is 33.5. The Morgan fingerprint density at radius 3 is 1.18 bits per heavy atom. The number of methoxy groups -OCH3 is 2. The number of phenols is 1. The molecule has 0 saturated carbocycles. The molecule has 0 unspecified atom stereocenters. The third-order valence-electron chi connectivity index (χ3n) is 8.11. The number of rotatable bonds is 10. The number of benzene rings is 3. The minimum absolute atomic E-state index is 0.137. The molecule has 3 heterocycles. The third kappa shape index (κ3) is 13.6. The molecule has 15 nitrogen and oxygen atoms in total. The average molecular weight is 806 g/mol. The van der Waals surface area contributed by atoms with Crippen LogP contribution < -0.4 is 9.47 Å². The number of carbonyl (C=O) groups excluding carboxylic acids is 2. The fourth-order valence-electron chi connectivity index (χ4n) is 4.63. The van der Waals surface area contributed by atoms with Crippen molar-refractivity contribution in [3.8, 4) is 17.2 Å². The SMILES string of the molecule is COC(=O)c1ccc(O)cc1.COC(=O)c1ccc(OCc2c(C)noc2C)cc1.Cc1noc(C)c1CCl.Cc1noc(C)c1COc1ccc(C(=O)O)cc1. The second kappa shape index (κ2) is 22.1. The van der Waals surface area contributed by atoms with Crippen LogP contribution in [0.25, 0.3) is 0 Å². The summed E-state index contributed by atoms with van der Waals surface area (Å²) in [6.45, 7) is 11.9. The Hall–Kier alpha value is -6.61. The highest BCUT2D eigenvalue weighted by atomic mass is 35.5. The van der Waals surface area contributed by atoms with E-state index in [2.05, 4.69) is 24.9 Å². The smallest absolute Gasteiger partial charge is 0.337 e. The molecule has 2 N–H and O–H groups in total. The monoisotopic (exact) mass is 805 g/mol. The predicted molar refractivity (Wildman–Crippen MR) is 207 cm³/mol. The lowest BCUT2D eigenvalue weighted by Crippen LogP contribution is -2.01. The molecule has 0 radical (unpaired) electrons. The van der Waals surface area contributed by atoms with Crippen molar-refractivity contribution in [2.75, 3.05) is 14.2 Å². The van der Waals surface area contributed by atoms with Crippen molar-refractivity contribution in [1.29, 1.82) is 0 Å². The van der Waals surface area contributed by atoms with Crippen molar-refractivity contribution in [2.45, 2.75) is 60.6 Å². The summed E-state index contributed by atoms with van der Waals surface area (Å²) in [4.78, 5) is 32.8. The molecule has 0 aliphatic carbocycles. The van der Waals surface area contributed by atoms with Crippen molar-refractivity contribution in [2.24, 2.45) is 0 Å². The first-order valence-corrected chi connectivity index (χ1v) is 17.7. The number of aromatic carboxylic acids is 1. The normalized spacial score (nSPS) is 10.1. The second-order valence-electron chi connectivity index (χ2n) is 12.0. The van der Waals surface area contributed by atoms with Crippen LogP contribution in [0.3, 0.4) is 0 Å². The van der Waals surface area contributed by atoms with Crippen molar-refractivity contribution in [3.63, 3.8) is 0 Å². The maximum absolute atomic E-state index is 11.3. The van der Waals surface area contributed by atoms with Gasteiger partial charge in [-0.1, -0.05) is 15.5 Å². The van der Waals surface area contributed by atoms with Crippen molar-refractivity contribution in [3.05, 3.63) is 141 Å². The molecule has 0 atom stereocenters. The van der Waals surface area contributed by atoms with Gasteiger partial charge in [0.25, 0.3) is 0 Å². The quantitative estimate of drug-likeness (QED) is 0.0984. The summed E-state index contributed by atoms with van der Waals surface area (Å²) in [5.41, 5.74) is 6.55. The van der Waals surface area contributed by atoms with Gasteiger partial charge in [-0.05, 0) is 114 Å². The van der Waals surface area contributed by atoms with Gasteiger partial charge in [0, 0.05) is 5.56 Å². The predicted octanol–water partition coefficient (Wildman–Crippen LogP) is 8.43. The fourth-order valence-corrected chi connectivity index (χ4v) is 5.02. The van der Waals surface area contributed by atoms with Crippen LogP contribution in [0, 0.1) is 41.5 Å². The average Bonchev–Trinajstić information content (AvgIpc) is 3.85. The highest BCUT2D eigenvalue weighted by Crippen LogP contribution is 2.20. The summed E-state index contributed by atoms with van der Waals surface area (Å²) >= 11 is 5.58. The van der Waals surface area contributed by atoms with Crippen LogP contribution in [0.4, 0.5) is 0 Å². The van der Waals surface area contributed by atoms with Crippen LogP contribution >= 0.6 is 11.6 Å². The maximum atomic E-state index is 11.3. The van der Waals surface area contributed by atoms with E-state index < -0.39 is 11.9 Å². The van der Waals surface area contributed by atoms with E-state index >= 15 is 0 Å². The molecule has 3 aromatic heterocycles. The molecule has 0 bridgehead atoms. The number of aromatic hydroxyl groups is 1. The summed E-state index contributed by atoms with van der Waals surface area (Å²) in [7, 11) is 2.67. The number of hydrogen-bond acceptors (Lipinski definition) is 14. The Bertz CT molecular complexity index is 2130. The van der Waals surface area contributed by atoms with Crippen molar-refractivity contribution >= 4 is 29.5 Å². The number of esters is 2. The highest BCUT2D eigenvalue weighted by molar-refractivity contribution is 6.17. The lowest BCUT2D eigenvalue weighted by molar-refractivity contribution is 0.0591. The Labute approximate surface area is 334 Å². The molecule has 57 heavy (non-hydrogen) atoms. The second-order valence-corrected chi connectivity index (χ2v) is 12.3. The van der Waals surface area contributed by atoms with E-state index in [4.69, 9.17) is 44.9 Å². The van der Waals surface area contributed by atoms with Crippen molar-refractivity contribution < 1.29 is 57.1 Å². The molecule has 0 spiro atoms. The zero-order valence-electron chi connectivity index (χ0n) is 32.7. The van der Waals surface area contributed by atoms with E-state index in [0.717, 1.165) is 51.1 Å². The number of carboxylic acids is 1. The number of ether oxygens (including phenoxy) is 4. The number of aromatic nitrogens is 3. The van der Waals surface area contributed by atoms with Gasteiger partial charge in [-0.3, -0.25) is 0 Å². The van der Waals surface area contributed by atoms with Crippen LogP contribution in [-0.2, 0) is 28.6 Å². The number of carbonyl (C=O) groups is 3. The Balaban J connectivity index is 0.000000212. The van der Waals surface area contributed by atoms with E-state index in [-0.39, 0.29) is 17.3 Å². The van der Waals surface area contributed by atoms with Gasteiger partial charge in [-0.25, -0.2) is 14.4 Å². The standard InChI is InChI=1S/C14H15NO4.C13H13NO4.C8H8O3.C6H8ClNO/c1-9-13(10(2)19-15-9)8-18-12-6-4-11(5-7-12)14(16)17-3;1-8-12(9(2)18-14-8)7-17-11-5-3-10(4-6-11)13(15)16;1-11-8(10)6-2-4-7(9)5-3-6;1-4-6(3-7)5(2)9-8-4/h4-7H,8H2,1-3H3;3-6H,7H2,1-2H3,(H,15,16);2-5,9H,1H3;3H2,1-2H3. The van der Waals surface area contributed by atoms with Gasteiger partial charge in [0.1, 0.15) is 47.7 Å². The van der Waals surface area contributed by atoms with E-state index in [0.29, 0.717) is 41.7 Å². The molecule has 302 valence electrons. The molecule has 0 saturated heterocycles. The van der Waals surface area contributed by atoms with Crippen LogP contribution in [0.1, 0.15) is 82.1 Å². The van der Waals surface area contributed by atoms with E-state index in [1.165, 1.54) is 50.6 Å². The zero-order chi connectivity index (χ0) is 42.1. The molecule has 0 amide bonds. The summed E-state index contributed by atoms with van der Waals surface area (Å²) in [6, 6.07) is 18.9. The van der Waals surface area contributed by atoms with Gasteiger partial charge in [-0.15, -0.1) is 11.6 Å². The van der Waals surface area contributed by atoms with E-state index in [1.807, 2.05) is 41.5 Å². The third-order valence-corrected chi connectivity index (χ3v) is 8.38. The number of carboxylic acid groups (broad SMARTS) is 1. The minimum Gasteiger partial charge on any atom is -0.508 e. The summed E-state index contributed by atoms with van der Waals surface area (Å²) < 4.78 is 35.2. The first-order valence-electron chi connectivity index (χ1n) is 17.1. The van der Waals surface area contributed by atoms with Crippen LogP contribution in [0.5, 0.6) is 17.2 Å². The van der Waals surface area contributed by atoms with Gasteiger partial charge in [-0.2, -0.15) is 0 Å². The fraction of sp³-hybridized carbons (Fsp3) is 0.268. The van der Waals surface area contributed by atoms with Gasteiger partial charge in [0.2, 0.25) is 0 Å². The van der Waals surface area contributed by atoms with Gasteiger partial charge in [0.05, 0.1) is 65.0 Å². The molecular weight excluding hydrogens is 762 g/mol. The lowest BCUT2D eigenvalue weighted by atomic mass is 10.2. The molecule has 3 aromatic carbocycles. The first-order chi connectivity index (χ1) is 27.2. The Kier molecular flexibility index (Phi) is 17.3. The van der Waals surface area contributed by atoms with E-state index in [9.17, 15) is 14.4 Å². The molecule has 0 aliphatic rings. The minimum atomic E-state index is -0.952. The first kappa shape index (κ1) is 44.8. The largest absolute Gasteiger partial charge is 0.508 e. The van der Waals surface area contributed by atoms with E-state index in [1.54, 1.807) is 36.4 Å².